The molecular weight excluding hydrogens is 368 g/mol. The summed E-state index contributed by atoms with van der Waals surface area (Å²) in [4.78, 5) is 37.7. The fourth-order valence-corrected chi connectivity index (χ4v) is 3.47. The van der Waals surface area contributed by atoms with E-state index in [2.05, 4.69) is 11.4 Å². The Hall–Kier alpha value is -3.46. The molecule has 0 aliphatic heterocycles. The lowest BCUT2D eigenvalue weighted by Gasteiger charge is -2.32. The summed E-state index contributed by atoms with van der Waals surface area (Å²) in [7, 11) is 1.22. The van der Waals surface area contributed by atoms with E-state index < -0.39 is 29.1 Å². The molecule has 29 heavy (non-hydrogen) atoms. The molecule has 6 heteroatoms. The first-order valence-electron chi connectivity index (χ1n) is 9.44. The molecule has 0 aromatic heterocycles. The van der Waals surface area contributed by atoms with Crippen molar-refractivity contribution in [2.75, 3.05) is 7.11 Å². The summed E-state index contributed by atoms with van der Waals surface area (Å²) in [6.45, 7) is 1.91. The number of hydrogen-bond acceptors (Lipinski definition) is 5. The summed E-state index contributed by atoms with van der Waals surface area (Å²) >= 11 is 0. The zero-order chi connectivity index (χ0) is 21.3. The summed E-state index contributed by atoms with van der Waals surface area (Å²) < 4.78 is 4.96. The van der Waals surface area contributed by atoms with Gasteiger partial charge in [-0.05, 0) is 24.1 Å². The summed E-state index contributed by atoms with van der Waals surface area (Å²) in [6.07, 6.45) is 0.923. The number of methoxy groups -OCH3 is 1. The van der Waals surface area contributed by atoms with E-state index in [1.165, 1.54) is 7.11 Å². The van der Waals surface area contributed by atoms with Crippen molar-refractivity contribution in [3.63, 3.8) is 0 Å². The van der Waals surface area contributed by atoms with Gasteiger partial charge in [-0.3, -0.25) is 14.9 Å². The maximum atomic E-state index is 12.8. The number of esters is 1. The molecule has 2 atom stereocenters. The van der Waals surface area contributed by atoms with Crippen LogP contribution in [0.3, 0.4) is 0 Å². The Morgan fingerprint density at radius 2 is 1.66 bits per heavy atom. The van der Waals surface area contributed by atoms with Crippen LogP contribution in [0.5, 0.6) is 0 Å². The fraction of sp³-hybridized carbons (Fsp3) is 0.304. The first-order valence-corrected chi connectivity index (χ1v) is 9.44. The van der Waals surface area contributed by atoms with Crippen LogP contribution in [0.2, 0.25) is 0 Å². The molecule has 0 radical (unpaired) electrons. The van der Waals surface area contributed by atoms with Gasteiger partial charge in [-0.15, -0.1) is 0 Å². The molecule has 2 aromatic carbocycles. The quantitative estimate of drug-likeness (QED) is 0.695. The lowest BCUT2D eigenvalue weighted by atomic mass is 9.68. The van der Waals surface area contributed by atoms with E-state index in [0.717, 1.165) is 0 Å². The number of nitrogens with zero attached hydrogens (tertiary/aromatic N) is 1. The number of hydrogen-bond donors (Lipinski definition) is 1. The van der Waals surface area contributed by atoms with Crippen LogP contribution < -0.4 is 5.32 Å². The standard InChI is InChI=1S/C23H24N2O4/c1-3-10-19(15-20(26)25-21(27)17-11-6-4-7-12-17)23(16-24,22(28)29-2)18-13-8-5-9-14-18/h4-9,11-14,19H,3,10,15H2,1-2H3,(H,25,26,27)/t19-,23+/m1/s1. The average Bonchev–Trinajstić information content (AvgIpc) is 2.75. The SMILES string of the molecule is CCC[C@H](CC(=O)NC(=O)c1ccccc1)[C@@](C#N)(C(=O)OC)c1ccccc1. The second kappa shape index (κ2) is 10.2. The van der Waals surface area contributed by atoms with E-state index in [1.807, 2.05) is 6.92 Å². The van der Waals surface area contributed by atoms with Crippen molar-refractivity contribution in [1.29, 1.82) is 5.26 Å². The van der Waals surface area contributed by atoms with Gasteiger partial charge in [-0.2, -0.15) is 5.26 Å². The van der Waals surface area contributed by atoms with Crippen molar-refractivity contribution >= 4 is 17.8 Å². The number of carbonyl (C=O) groups excluding carboxylic acids is 3. The summed E-state index contributed by atoms with van der Waals surface area (Å²) in [5.74, 6) is -2.44. The molecule has 6 nitrogen and oxygen atoms in total. The minimum absolute atomic E-state index is 0.163. The monoisotopic (exact) mass is 392 g/mol. The second-order valence-electron chi connectivity index (χ2n) is 6.71. The van der Waals surface area contributed by atoms with Crippen molar-refractivity contribution in [2.24, 2.45) is 5.92 Å². The van der Waals surface area contributed by atoms with Crippen molar-refractivity contribution in [2.45, 2.75) is 31.6 Å². The van der Waals surface area contributed by atoms with Gasteiger partial charge in [0, 0.05) is 17.9 Å². The third-order valence-electron chi connectivity index (χ3n) is 4.88. The van der Waals surface area contributed by atoms with Gasteiger partial charge in [-0.25, -0.2) is 4.79 Å². The van der Waals surface area contributed by atoms with E-state index in [1.54, 1.807) is 60.7 Å². The number of benzene rings is 2. The van der Waals surface area contributed by atoms with Gasteiger partial charge in [-0.1, -0.05) is 61.9 Å². The molecule has 0 heterocycles. The maximum Gasteiger partial charge on any atom is 0.331 e. The molecule has 0 aliphatic rings. The minimum Gasteiger partial charge on any atom is -0.468 e. The van der Waals surface area contributed by atoms with Crippen LogP contribution in [0.15, 0.2) is 60.7 Å². The molecule has 0 spiro atoms. The molecular formula is C23H24N2O4. The van der Waals surface area contributed by atoms with Gasteiger partial charge < -0.3 is 4.74 Å². The molecule has 2 amide bonds. The second-order valence-corrected chi connectivity index (χ2v) is 6.71. The summed E-state index contributed by atoms with van der Waals surface area (Å²) in [6, 6.07) is 19.1. The Balaban J connectivity index is 2.33. The molecule has 2 aromatic rings. The van der Waals surface area contributed by atoms with E-state index >= 15 is 0 Å². The Morgan fingerprint density at radius 1 is 1.07 bits per heavy atom. The highest BCUT2D eigenvalue weighted by Crippen LogP contribution is 2.38. The van der Waals surface area contributed by atoms with Crippen molar-refractivity contribution < 1.29 is 19.1 Å². The van der Waals surface area contributed by atoms with E-state index in [4.69, 9.17) is 4.74 Å². The topological polar surface area (TPSA) is 96.3 Å². The molecule has 0 bridgehead atoms. The summed E-state index contributed by atoms with van der Waals surface area (Å²) in [5.41, 5.74) is -0.815. The minimum atomic E-state index is -1.64. The fourth-order valence-electron chi connectivity index (χ4n) is 3.47. The third kappa shape index (κ3) is 4.88. The maximum absolute atomic E-state index is 12.8. The molecule has 150 valence electrons. The third-order valence-corrected chi connectivity index (χ3v) is 4.88. The lowest BCUT2D eigenvalue weighted by Crippen LogP contribution is -2.45. The van der Waals surface area contributed by atoms with Crippen molar-refractivity contribution in [1.82, 2.24) is 5.32 Å². The smallest absolute Gasteiger partial charge is 0.331 e. The van der Waals surface area contributed by atoms with Gasteiger partial charge in [0.15, 0.2) is 5.41 Å². The van der Waals surface area contributed by atoms with Crippen LogP contribution in [0.1, 0.15) is 42.1 Å². The van der Waals surface area contributed by atoms with Crippen molar-refractivity contribution in [3.05, 3.63) is 71.8 Å². The van der Waals surface area contributed by atoms with Crippen LogP contribution in [-0.4, -0.2) is 24.9 Å². The zero-order valence-corrected chi connectivity index (χ0v) is 16.6. The van der Waals surface area contributed by atoms with E-state index in [-0.39, 0.29) is 6.42 Å². The highest BCUT2D eigenvalue weighted by atomic mass is 16.5. The van der Waals surface area contributed by atoms with Gasteiger partial charge in [0.05, 0.1) is 13.2 Å². The summed E-state index contributed by atoms with van der Waals surface area (Å²) in [5, 5.41) is 12.4. The normalized spacial score (nSPS) is 13.4. The average molecular weight is 392 g/mol. The molecule has 2 rings (SSSR count). The first-order chi connectivity index (χ1) is 14.0. The molecule has 0 saturated heterocycles. The number of nitrogens with one attached hydrogen (secondary N) is 1. The molecule has 0 saturated carbocycles. The Bertz CT molecular complexity index is 890. The zero-order valence-electron chi connectivity index (χ0n) is 16.6. The largest absolute Gasteiger partial charge is 0.468 e. The number of rotatable bonds is 8. The molecule has 0 unspecified atom stereocenters. The number of amides is 2. The number of carbonyl (C=O) groups is 3. The van der Waals surface area contributed by atoms with Crippen LogP contribution >= 0.6 is 0 Å². The highest BCUT2D eigenvalue weighted by molar-refractivity contribution is 6.04. The Morgan fingerprint density at radius 3 is 2.17 bits per heavy atom. The first kappa shape index (κ1) is 21.8. The van der Waals surface area contributed by atoms with Gasteiger partial charge in [0.2, 0.25) is 5.91 Å². The number of nitriles is 1. The van der Waals surface area contributed by atoms with Gasteiger partial charge in [0.1, 0.15) is 0 Å². The van der Waals surface area contributed by atoms with Gasteiger partial charge >= 0.3 is 5.97 Å². The molecule has 1 N–H and O–H groups in total. The van der Waals surface area contributed by atoms with Crippen molar-refractivity contribution in [3.8, 4) is 6.07 Å². The highest BCUT2D eigenvalue weighted by Gasteiger charge is 2.49. The molecule has 0 fully saturated rings. The Labute approximate surface area is 170 Å². The predicted octanol–water partition coefficient (Wildman–Crippen LogP) is 3.38. The van der Waals surface area contributed by atoms with Crippen LogP contribution in [0.4, 0.5) is 0 Å². The lowest BCUT2D eigenvalue weighted by molar-refractivity contribution is -0.147. The van der Waals surface area contributed by atoms with Gasteiger partial charge in [0.25, 0.3) is 5.91 Å². The van der Waals surface area contributed by atoms with E-state index in [0.29, 0.717) is 24.0 Å². The number of ether oxygens (including phenoxy) is 1. The van der Waals surface area contributed by atoms with Crippen LogP contribution in [-0.2, 0) is 19.7 Å². The van der Waals surface area contributed by atoms with Crippen LogP contribution in [0.25, 0.3) is 0 Å². The van der Waals surface area contributed by atoms with E-state index in [9.17, 15) is 19.6 Å². The number of imide groups is 1. The van der Waals surface area contributed by atoms with Crippen LogP contribution in [0, 0.1) is 17.2 Å². The predicted molar refractivity (Wildman–Crippen MR) is 108 cm³/mol. The molecule has 0 aliphatic carbocycles. The Kier molecular flexibility index (Phi) is 7.67.